The van der Waals surface area contributed by atoms with Crippen LogP contribution < -0.4 is 14.8 Å². The van der Waals surface area contributed by atoms with Crippen LogP contribution in [0.5, 0.6) is 11.5 Å². The summed E-state index contributed by atoms with van der Waals surface area (Å²) < 4.78 is 12.6. The molecule has 2 heterocycles. The van der Waals surface area contributed by atoms with Gasteiger partial charge < -0.3 is 14.8 Å². The number of hydrogen-bond donors (Lipinski definition) is 1. The van der Waals surface area contributed by atoms with Crippen molar-refractivity contribution in [3.63, 3.8) is 0 Å². The number of ether oxygens (including phenoxy) is 2. The fourth-order valence-corrected chi connectivity index (χ4v) is 4.16. The molecule has 2 aromatic heterocycles. The molecule has 1 amide bonds. The number of aryl methyl sites for hydroxylation is 2. The smallest absolute Gasteiger partial charge is 0.220 e. The molecule has 4 rings (SSSR count). The maximum atomic E-state index is 12.6. The summed E-state index contributed by atoms with van der Waals surface area (Å²) in [6, 6.07) is 17.5. The number of rotatable bonds is 8. The van der Waals surface area contributed by atoms with Crippen molar-refractivity contribution in [2.45, 2.75) is 39.7 Å². The maximum Gasteiger partial charge on any atom is 0.220 e. The minimum atomic E-state index is -0.0370. The Kier molecular flexibility index (Phi) is 6.82. The number of aromatic nitrogens is 3. The predicted molar refractivity (Wildman–Crippen MR) is 132 cm³/mol. The van der Waals surface area contributed by atoms with Crippen molar-refractivity contribution in [1.82, 2.24) is 19.9 Å². The molecule has 0 fully saturated rings. The van der Waals surface area contributed by atoms with E-state index in [1.54, 1.807) is 14.2 Å². The Morgan fingerprint density at radius 2 is 1.71 bits per heavy atom. The third kappa shape index (κ3) is 4.88. The van der Waals surface area contributed by atoms with Crippen molar-refractivity contribution in [3.05, 3.63) is 77.1 Å². The molecular formula is C27H30N4O3. The molecule has 7 heteroatoms. The summed E-state index contributed by atoms with van der Waals surface area (Å²) in [4.78, 5) is 17.4. The quantitative estimate of drug-likeness (QED) is 0.409. The van der Waals surface area contributed by atoms with Gasteiger partial charge in [-0.15, -0.1) is 0 Å². The first-order valence-corrected chi connectivity index (χ1v) is 11.3. The number of hydrogen-bond acceptors (Lipinski definition) is 5. The molecule has 1 N–H and O–H groups in total. The van der Waals surface area contributed by atoms with Crippen LogP contribution in [0.2, 0.25) is 0 Å². The number of amides is 1. The average molecular weight is 459 g/mol. The van der Waals surface area contributed by atoms with Gasteiger partial charge in [0.15, 0.2) is 5.65 Å². The van der Waals surface area contributed by atoms with Gasteiger partial charge in [0, 0.05) is 35.5 Å². The lowest BCUT2D eigenvalue weighted by Gasteiger charge is -2.15. The fraction of sp³-hybridized carbons (Fsp3) is 0.296. The summed E-state index contributed by atoms with van der Waals surface area (Å²) in [7, 11) is 3.25. The van der Waals surface area contributed by atoms with E-state index in [-0.39, 0.29) is 11.9 Å². The van der Waals surface area contributed by atoms with E-state index in [9.17, 15) is 4.79 Å². The largest absolute Gasteiger partial charge is 0.497 e. The molecule has 2 aromatic carbocycles. The van der Waals surface area contributed by atoms with E-state index in [4.69, 9.17) is 19.6 Å². The van der Waals surface area contributed by atoms with Crippen LogP contribution >= 0.6 is 0 Å². The third-order valence-corrected chi connectivity index (χ3v) is 6.09. The highest BCUT2D eigenvalue weighted by Gasteiger charge is 2.16. The first-order valence-electron chi connectivity index (χ1n) is 11.3. The standard InChI is InChI=1S/C27H30N4O3/c1-17(20-9-7-6-8-10-20)29-27(32)12-11-24-18(2)28-26-16-25(30-31(26)19(24)3)21-13-22(33-4)15-23(14-21)34-5/h6-10,13-17H,11-12H2,1-5H3,(H,29,32)/t17-/m0/s1. The van der Waals surface area contributed by atoms with E-state index in [0.717, 1.165) is 39.4 Å². The normalized spacial score (nSPS) is 11.9. The molecule has 0 aliphatic carbocycles. The Morgan fingerprint density at radius 1 is 1.03 bits per heavy atom. The molecule has 0 saturated heterocycles. The van der Waals surface area contributed by atoms with Crippen molar-refractivity contribution in [2.75, 3.05) is 14.2 Å². The summed E-state index contributed by atoms with van der Waals surface area (Å²) in [5, 5.41) is 7.88. The first kappa shape index (κ1) is 23.3. The van der Waals surface area contributed by atoms with E-state index in [2.05, 4.69) is 5.32 Å². The SMILES string of the molecule is COc1cc(OC)cc(-c2cc3nc(C)c(CCC(=O)N[C@@H](C)c4ccccc4)c(C)n3n2)c1. The van der Waals surface area contributed by atoms with Gasteiger partial charge in [0.05, 0.1) is 26.0 Å². The Balaban J connectivity index is 1.55. The van der Waals surface area contributed by atoms with Gasteiger partial charge in [-0.1, -0.05) is 30.3 Å². The van der Waals surface area contributed by atoms with Gasteiger partial charge in [0.25, 0.3) is 0 Å². The van der Waals surface area contributed by atoms with E-state index in [1.807, 2.05) is 79.9 Å². The van der Waals surface area contributed by atoms with Crippen molar-refractivity contribution >= 4 is 11.6 Å². The van der Waals surface area contributed by atoms with Crippen LogP contribution in [0.1, 0.15) is 41.9 Å². The van der Waals surface area contributed by atoms with Crippen LogP contribution in [0.3, 0.4) is 0 Å². The average Bonchev–Trinajstić information content (AvgIpc) is 3.28. The van der Waals surface area contributed by atoms with E-state index >= 15 is 0 Å². The maximum absolute atomic E-state index is 12.6. The van der Waals surface area contributed by atoms with Crippen molar-refractivity contribution in [1.29, 1.82) is 0 Å². The molecule has 34 heavy (non-hydrogen) atoms. The topological polar surface area (TPSA) is 77.8 Å². The molecule has 0 unspecified atom stereocenters. The molecule has 0 radical (unpaired) electrons. The highest BCUT2D eigenvalue weighted by atomic mass is 16.5. The number of fused-ring (bicyclic) bond motifs is 1. The molecule has 7 nitrogen and oxygen atoms in total. The number of carbonyl (C=O) groups excluding carboxylic acids is 1. The highest BCUT2D eigenvalue weighted by Crippen LogP contribution is 2.30. The summed E-state index contributed by atoms with van der Waals surface area (Å²) in [6.45, 7) is 5.99. The lowest BCUT2D eigenvalue weighted by molar-refractivity contribution is -0.121. The van der Waals surface area contributed by atoms with Gasteiger partial charge in [0.2, 0.25) is 5.91 Å². The number of nitrogens with zero attached hydrogens (tertiary/aromatic N) is 3. The zero-order chi connectivity index (χ0) is 24.2. The van der Waals surface area contributed by atoms with Crippen molar-refractivity contribution in [3.8, 4) is 22.8 Å². The molecule has 0 saturated carbocycles. The third-order valence-electron chi connectivity index (χ3n) is 6.09. The highest BCUT2D eigenvalue weighted by molar-refractivity contribution is 5.76. The summed E-state index contributed by atoms with van der Waals surface area (Å²) in [5.41, 5.74) is 6.43. The number of methoxy groups -OCH3 is 2. The van der Waals surface area contributed by atoms with Crippen LogP contribution in [0.4, 0.5) is 0 Å². The second kappa shape index (κ2) is 9.95. The molecule has 0 spiro atoms. The predicted octanol–water partition coefficient (Wildman–Crippen LogP) is 4.84. The molecule has 1 atom stereocenters. The zero-order valence-corrected chi connectivity index (χ0v) is 20.3. The molecule has 0 aliphatic rings. The lowest BCUT2D eigenvalue weighted by Crippen LogP contribution is -2.27. The second-order valence-corrected chi connectivity index (χ2v) is 8.36. The molecule has 4 aromatic rings. The molecule has 176 valence electrons. The molecule has 0 bridgehead atoms. The van der Waals surface area contributed by atoms with Crippen molar-refractivity contribution < 1.29 is 14.3 Å². The van der Waals surface area contributed by atoms with Crippen LogP contribution in [-0.4, -0.2) is 34.7 Å². The van der Waals surface area contributed by atoms with Gasteiger partial charge in [0.1, 0.15) is 11.5 Å². The van der Waals surface area contributed by atoms with Crippen LogP contribution in [0.25, 0.3) is 16.9 Å². The fourth-order valence-electron chi connectivity index (χ4n) is 4.16. The second-order valence-electron chi connectivity index (χ2n) is 8.36. The van der Waals surface area contributed by atoms with Gasteiger partial charge in [-0.05, 0) is 50.5 Å². The number of carbonyl (C=O) groups is 1. The molecule has 0 aliphatic heterocycles. The molecular weight excluding hydrogens is 428 g/mol. The van der Waals surface area contributed by atoms with Crippen molar-refractivity contribution in [2.24, 2.45) is 0 Å². The van der Waals surface area contributed by atoms with E-state index in [1.165, 1.54) is 0 Å². The van der Waals surface area contributed by atoms with E-state index in [0.29, 0.717) is 24.3 Å². The van der Waals surface area contributed by atoms with Crippen LogP contribution in [0.15, 0.2) is 54.6 Å². The van der Waals surface area contributed by atoms with E-state index < -0.39 is 0 Å². The monoisotopic (exact) mass is 458 g/mol. The Morgan fingerprint density at radius 3 is 2.35 bits per heavy atom. The minimum Gasteiger partial charge on any atom is -0.497 e. The number of nitrogens with one attached hydrogen (secondary N) is 1. The van der Waals surface area contributed by atoms with Gasteiger partial charge in [-0.2, -0.15) is 5.10 Å². The zero-order valence-electron chi connectivity index (χ0n) is 20.3. The van der Waals surface area contributed by atoms with Gasteiger partial charge >= 0.3 is 0 Å². The van der Waals surface area contributed by atoms with Crippen LogP contribution in [-0.2, 0) is 11.2 Å². The Hall–Kier alpha value is -3.87. The Bertz CT molecular complexity index is 1290. The van der Waals surface area contributed by atoms with Gasteiger partial charge in [-0.25, -0.2) is 9.50 Å². The Labute approximate surface area is 199 Å². The number of benzene rings is 2. The lowest BCUT2D eigenvalue weighted by atomic mass is 10.1. The first-order chi connectivity index (χ1) is 16.4. The van der Waals surface area contributed by atoms with Crippen LogP contribution in [0, 0.1) is 13.8 Å². The summed E-state index contributed by atoms with van der Waals surface area (Å²) >= 11 is 0. The summed E-state index contributed by atoms with van der Waals surface area (Å²) in [6.07, 6.45) is 0.976. The minimum absolute atomic E-state index is 0.0138. The van der Waals surface area contributed by atoms with Gasteiger partial charge in [-0.3, -0.25) is 4.79 Å². The summed E-state index contributed by atoms with van der Waals surface area (Å²) in [5.74, 6) is 1.41.